The number of ether oxygens (including phenoxy) is 1. The Morgan fingerprint density at radius 2 is 2.15 bits per heavy atom. The molecule has 0 spiro atoms. The van der Waals surface area contributed by atoms with E-state index in [1.807, 2.05) is 0 Å². The minimum atomic E-state index is -0.706. The molecule has 7 heteroatoms. The van der Waals surface area contributed by atoms with Crippen molar-refractivity contribution in [2.45, 2.75) is 6.92 Å². The van der Waals surface area contributed by atoms with Crippen molar-refractivity contribution < 1.29 is 14.3 Å². The van der Waals surface area contributed by atoms with Crippen LogP contribution in [-0.4, -0.2) is 16.0 Å². The molecule has 0 aliphatic heterocycles. The van der Waals surface area contributed by atoms with Gasteiger partial charge in [0.2, 0.25) is 5.88 Å². The lowest BCUT2D eigenvalue weighted by molar-refractivity contribution is 0.318. The summed E-state index contributed by atoms with van der Waals surface area (Å²) in [6, 6.07) is 7.57. The number of halogens is 2. The van der Waals surface area contributed by atoms with Crippen molar-refractivity contribution in [2.24, 2.45) is 10.9 Å². The molecule has 5 nitrogen and oxygen atoms in total. The van der Waals surface area contributed by atoms with Gasteiger partial charge in [0, 0.05) is 5.69 Å². The Morgan fingerprint density at radius 1 is 1.40 bits per heavy atom. The molecule has 0 radical (unpaired) electrons. The molecule has 104 valence electrons. The molecule has 20 heavy (non-hydrogen) atoms. The van der Waals surface area contributed by atoms with E-state index in [9.17, 15) is 4.39 Å². The van der Waals surface area contributed by atoms with Crippen LogP contribution in [0.3, 0.4) is 0 Å². The first-order valence-corrected chi connectivity index (χ1v) is 5.98. The molecule has 0 fully saturated rings. The fourth-order valence-electron chi connectivity index (χ4n) is 1.53. The minimum absolute atomic E-state index is 0.0291. The number of benzene rings is 1. The summed E-state index contributed by atoms with van der Waals surface area (Å²) in [5, 5.41) is 11.5. The van der Waals surface area contributed by atoms with Gasteiger partial charge in [-0.2, -0.15) is 0 Å². The van der Waals surface area contributed by atoms with Gasteiger partial charge in [0.25, 0.3) is 0 Å². The Morgan fingerprint density at radius 3 is 2.85 bits per heavy atom. The highest BCUT2D eigenvalue weighted by molar-refractivity contribution is 6.30. The van der Waals surface area contributed by atoms with Gasteiger partial charge in [0.05, 0.1) is 10.6 Å². The summed E-state index contributed by atoms with van der Waals surface area (Å²) in [5.74, 6) is -0.957. The third kappa shape index (κ3) is 2.80. The first-order valence-electron chi connectivity index (χ1n) is 5.60. The number of hydrogen-bond acceptors (Lipinski definition) is 4. The van der Waals surface area contributed by atoms with Crippen LogP contribution < -0.4 is 10.5 Å². The Bertz CT molecular complexity index is 677. The SMILES string of the molecule is Cc1ccc(/C(N)=N/O)c(Oc2cccc(Cl)c2F)n1. The third-order valence-corrected chi connectivity index (χ3v) is 2.80. The van der Waals surface area contributed by atoms with Crippen molar-refractivity contribution in [1.82, 2.24) is 4.98 Å². The number of rotatable bonds is 3. The number of amidine groups is 1. The second kappa shape index (κ2) is 5.75. The summed E-state index contributed by atoms with van der Waals surface area (Å²) < 4.78 is 19.2. The van der Waals surface area contributed by atoms with Crippen LogP contribution in [0.1, 0.15) is 11.3 Å². The Labute approximate surface area is 119 Å². The van der Waals surface area contributed by atoms with Crippen LogP contribution in [0.25, 0.3) is 0 Å². The second-order valence-corrected chi connectivity index (χ2v) is 4.35. The summed E-state index contributed by atoms with van der Waals surface area (Å²) >= 11 is 5.68. The molecular formula is C13H11ClFN3O2. The molecule has 0 bridgehead atoms. The normalized spacial score (nSPS) is 11.4. The van der Waals surface area contributed by atoms with Gasteiger partial charge in [-0.05, 0) is 31.2 Å². The summed E-state index contributed by atoms with van der Waals surface area (Å²) in [5.41, 5.74) is 6.41. The van der Waals surface area contributed by atoms with Crippen LogP contribution in [0.2, 0.25) is 5.02 Å². The fraction of sp³-hybridized carbons (Fsp3) is 0.0769. The molecule has 2 rings (SSSR count). The average Bonchev–Trinajstić information content (AvgIpc) is 2.43. The lowest BCUT2D eigenvalue weighted by atomic mass is 10.2. The lowest BCUT2D eigenvalue weighted by Gasteiger charge is -2.11. The van der Waals surface area contributed by atoms with E-state index in [0.29, 0.717) is 5.69 Å². The smallest absolute Gasteiger partial charge is 0.230 e. The fourth-order valence-corrected chi connectivity index (χ4v) is 1.69. The van der Waals surface area contributed by atoms with E-state index in [2.05, 4.69) is 10.1 Å². The summed E-state index contributed by atoms with van der Waals surface area (Å²) in [6.07, 6.45) is 0. The van der Waals surface area contributed by atoms with Gasteiger partial charge in [-0.3, -0.25) is 0 Å². The Balaban J connectivity index is 2.47. The van der Waals surface area contributed by atoms with Gasteiger partial charge in [0.1, 0.15) is 0 Å². The van der Waals surface area contributed by atoms with Crippen LogP contribution in [0.15, 0.2) is 35.5 Å². The van der Waals surface area contributed by atoms with E-state index < -0.39 is 5.82 Å². The number of aromatic nitrogens is 1. The van der Waals surface area contributed by atoms with Gasteiger partial charge in [-0.1, -0.05) is 22.8 Å². The molecule has 0 unspecified atom stereocenters. The Kier molecular flexibility index (Phi) is 4.05. The molecule has 0 atom stereocenters. The van der Waals surface area contributed by atoms with Crippen molar-refractivity contribution in [3.8, 4) is 11.6 Å². The van der Waals surface area contributed by atoms with Crippen molar-refractivity contribution in [2.75, 3.05) is 0 Å². The van der Waals surface area contributed by atoms with Crippen LogP contribution in [0.5, 0.6) is 11.6 Å². The van der Waals surface area contributed by atoms with E-state index in [1.165, 1.54) is 12.1 Å². The number of hydrogen-bond donors (Lipinski definition) is 2. The molecule has 0 aliphatic rings. The van der Waals surface area contributed by atoms with E-state index in [1.54, 1.807) is 25.1 Å². The maximum atomic E-state index is 13.8. The van der Waals surface area contributed by atoms with Crippen molar-refractivity contribution in [3.05, 3.63) is 52.4 Å². The molecule has 0 amide bonds. The molecule has 0 aliphatic carbocycles. The maximum Gasteiger partial charge on any atom is 0.230 e. The van der Waals surface area contributed by atoms with Gasteiger partial charge >= 0.3 is 0 Å². The number of nitrogens with zero attached hydrogens (tertiary/aromatic N) is 2. The third-order valence-electron chi connectivity index (χ3n) is 2.51. The van der Waals surface area contributed by atoms with Gasteiger partial charge < -0.3 is 15.7 Å². The van der Waals surface area contributed by atoms with Crippen molar-refractivity contribution >= 4 is 17.4 Å². The predicted molar refractivity (Wildman–Crippen MR) is 73.0 cm³/mol. The minimum Gasteiger partial charge on any atom is -0.435 e. The quantitative estimate of drug-likeness (QED) is 0.395. The van der Waals surface area contributed by atoms with E-state index >= 15 is 0 Å². The first kappa shape index (κ1) is 14.1. The van der Waals surface area contributed by atoms with Crippen LogP contribution in [-0.2, 0) is 0 Å². The topological polar surface area (TPSA) is 80.7 Å². The molecule has 1 aromatic carbocycles. The van der Waals surface area contributed by atoms with Crippen LogP contribution >= 0.6 is 11.6 Å². The molecule has 3 N–H and O–H groups in total. The van der Waals surface area contributed by atoms with Crippen molar-refractivity contribution in [3.63, 3.8) is 0 Å². The zero-order chi connectivity index (χ0) is 14.7. The zero-order valence-corrected chi connectivity index (χ0v) is 11.2. The summed E-state index contributed by atoms with van der Waals surface area (Å²) in [7, 11) is 0. The molecule has 0 saturated heterocycles. The predicted octanol–water partition coefficient (Wildman–Crippen LogP) is 3.07. The van der Waals surface area contributed by atoms with E-state index in [4.69, 9.17) is 27.3 Å². The average molecular weight is 296 g/mol. The highest BCUT2D eigenvalue weighted by Crippen LogP contribution is 2.29. The number of nitrogens with two attached hydrogens (primary N) is 1. The lowest BCUT2D eigenvalue weighted by Crippen LogP contribution is -2.15. The molecule has 1 aromatic heterocycles. The Hall–Kier alpha value is -2.34. The van der Waals surface area contributed by atoms with Gasteiger partial charge in [0.15, 0.2) is 17.4 Å². The highest BCUT2D eigenvalue weighted by atomic mass is 35.5. The summed E-state index contributed by atoms with van der Waals surface area (Å²) in [4.78, 5) is 4.10. The van der Waals surface area contributed by atoms with Crippen molar-refractivity contribution in [1.29, 1.82) is 0 Å². The van der Waals surface area contributed by atoms with Gasteiger partial charge in [-0.25, -0.2) is 9.37 Å². The molecule has 1 heterocycles. The van der Waals surface area contributed by atoms with Crippen LogP contribution in [0, 0.1) is 12.7 Å². The largest absolute Gasteiger partial charge is 0.435 e. The molecular weight excluding hydrogens is 285 g/mol. The maximum absolute atomic E-state index is 13.8. The number of pyridine rings is 1. The van der Waals surface area contributed by atoms with E-state index in [0.717, 1.165) is 0 Å². The first-order chi connectivity index (χ1) is 9.52. The van der Waals surface area contributed by atoms with Crippen LogP contribution in [0.4, 0.5) is 4.39 Å². The second-order valence-electron chi connectivity index (χ2n) is 3.94. The standard InChI is InChI=1S/C13H11ClFN3O2/c1-7-5-6-8(12(16)18-19)13(17-7)20-10-4-2-3-9(14)11(10)15/h2-6,19H,1H3,(H2,16,18). The van der Waals surface area contributed by atoms with Gasteiger partial charge in [-0.15, -0.1) is 0 Å². The molecule has 0 saturated carbocycles. The number of oxime groups is 1. The zero-order valence-electron chi connectivity index (χ0n) is 10.5. The highest BCUT2D eigenvalue weighted by Gasteiger charge is 2.15. The van der Waals surface area contributed by atoms with E-state index in [-0.39, 0.29) is 28.1 Å². The molecule has 2 aromatic rings. The monoisotopic (exact) mass is 295 g/mol. The summed E-state index contributed by atoms with van der Waals surface area (Å²) in [6.45, 7) is 1.73. The number of aryl methyl sites for hydroxylation is 1.